The molecule has 0 aromatic heterocycles. The maximum absolute atomic E-state index is 11.7. The second-order valence-electron chi connectivity index (χ2n) is 25.3. The Morgan fingerprint density at radius 2 is 0.754 bits per heavy atom. The number of aliphatic hydroxyl groups is 5. The molecule has 0 spiro atoms. The van der Waals surface area contributed by atoms with E-state index in [0.29, 0.717) is 57.3 Å². The van der Waals surface area contributed by atoms with Gasteiger partial charge in [-0.05, 0) is 19.8 Å². The third-order valence-electron chi connectivity index (χ3n) is 13.8. The van der Waals surface area contributed by atoms with Crippen LogP contribution in [-0.4, -0.2) is 354 Å². The molecule has 1 aliphatic heterocycles. The number of aldehydes is 1. The van der Waals surface area contributed by atoms with E-state index in [-0.39, 0.29) is 206 Å². The second-order valence-corrected chi connectivity index (χ2v) is 32.4. The van der Waals surface area contributed by atoms with E-state index in [1.54, 1.807) is 110 Å². The number of carbonyl (C=O) groups excluding carboxylic acids is 11. The largest absolute Gasteiger partial charge is 0.466 e. The highest BCUT2D eigenvalue weighted by molar-refractivity contribution is 8.01. The minimum Gasteiger partial charge on any atom is -0.466 e. The summed E-state index contributed by atoms with van der Waals surface area (Å²) in [5.41, 5.74) is 0. The first-order valence-electron chi connectivity index (χ1n) is 35.0. The molecule has 1 rings (SSSR count). The maximum Gasteiger partial charge on any atom is 0.308 e. The van der Waals surface area contributed by atoms with Gasteiger partial charge in [-0.25, -0.2) is 0 Å². The van der Waals surface area contributed by atoms with Crippen LogP contribution in [0.2, 0.25) is 0 Å². The summed E-state index contributed by atoms with van der Waals surface area (Å²) in [5.74, 6) is -0.808. The first kappa shape index (κ1) is 130. The molecule has 1 fully saturated rings. The van der Waals surface area contributed by atoms with Gasteiger partial charge in [0.25, 0.3) is 0 Å². The van der Waals surface area contributed by atoms with Crippen molar-refractivity contribution < 1.29 is 129 Å². The summed E-state index contributed by atoms with van der Waals surface area (Å²) in [5, 5.41) is 45.2. The van der Waals surface area contributed by atoms with Crippen LogP contribution >= 0.6 is 154 Å². The standard InChI is InChI=1S/C10H22NO5P3.C8H19ClNO3P3.C8H16ClNO3.C8H14ClNO3.C8H20NO4P3.C8H18NO4P3.C6H11ClO3.C4H9NO.C4H8O/c1-7(12)14-6-9(15-17)4-8(16-19-18)5-10(13)11(2)3;1-10(2)8(11)4-6(13-16-15)3-7(5-9)12-14;2*1-10(2)8(13)4-6(11)3-7(12)5-9;2*1-9(2)8(11)4-6(13-16-15)3-7(5-10)12-14;1-2-10-6(9)3-5(8)4-7;1-4(6)5(2)3;1-2-4-5-3-1/h8-9,19H,4-6,17-18H2,1-3H3;6-7,16H,3-5,14-15H2,1-2H3;6-7,11-12H,3-5H2,1-2H3;7,12H,3-5H2,1-2H3;6-7,10,16H,3-5,14-15H2,1-2H3;5-7,16H,3-4,14-15H2,1-2H3;5,8H,2-4H2,1H3;1-3H3;1-4H2/t8-,9+;2*6-,7+;7-;2*6-,7+;5-;;/m1110110../s1. The van der Waals surface area contributed by atoms with Crippen molar-refractivity contribution in [2.45, 2.75) is 190 Å². The van der Waals surface area contributed by atoms with Crippen molar-refractivity contribution in [3.8, 4) is 0 Å². The molecule has 0 aromatic rings. The Morgan fingerprint density at radius 3 is 1.02 bits per heavy atom. The molecule has 34 nitrogen and oxygen atoms in total. The highest BCUT2D eigenvalue weighted by atomic mass is 35.5. The highest BCUT2D eigenvalue weighted by Gasteiger charge is 2.26. The van der Waals surface area contributed by atoms with Gasteiger partial charge in [0.15, 0.2) is 0 Å². The van der Waals surface area contributed by atoms with Gasteiger partial charge in [0, 0.05) is 260 Å². The monoisotopic (exact) mass is 1950 g/mol. The summed E-state index contributed by atoms with van der Waals surface area (Å²) in [7, 11) is 42.8. The fraction of sp³-hybridized carbons (Fsp3) is 0.828. The number of ether oxygens (including phenoxy) is 3. The zero-order valence-electron chi connectivity index (χ0n) is 69.0. The molecule has 5 N–H and O–H groups in total. The predicted octanol–water partition coefficient (Wildman–Crippen LogP) is 6.46. The number of amides is 7. The minimum atomic E-state index is -0.843. The molecule has 50 heteroatoms. The molecule has 1 saturated heterocycles. The average molecular weight is 1950 g/mol. The lowest BCUT2D eigenvalue weighted by Crippen LogP contribution is -2.30. The minimum absolute atomic E-state index is 0.00805. The van der Waals surface area contributed by atoms with Gasteiger partial charge < -0.3 is 115 Å². The van der Waals surface area contributed by atoms with E-state index in [4.69, 9.17) is 112 Å². The summed E-state index contributed by atoms with van der Waals surface area (Å²) in [6.45, 7) is 6.99. The first-order chi connectivity index (χ1) is 53.3. The van der Waals surface area contributed by atoms with E-state index in [1.165, 1.54) is 56.1 Å². The van der Waals surface area contributed by atoms with E-state index >= 15 is 0 Å². The molecule has 24 atom stereocenters. The van der Waals surface area contributed by atoms with Crippen LogP contribution in [0.25, 0.3) is 0 Å². The first-order valence-corrected chi connectivity index (χ1v) is 49.9. The highest BCUT2D eigenvalue weighted by Crippen LogP contribution is 2.31. The lowest BCUT2D eigenvalue weighted by molar-refractivity contribution is -0.145. The van der Waals surface area contributed by atoms with Crippen LogP contribution in [0.4, 0.5) is 0 Å². The van der Waals surface area contributed by atoms with Gasteiger partial charge in [0.1, 0.15) is 24.8 Å². The van der Waals surface area contributed by atoms with Crippen LogP contribution in [-0.2, 0) is 103 Å². The number of nitrogens with zero attached hydrogens (tertiary/aromatic N) is 7. The number of ketones is 1. The molecule has 678 valence electrons. The van der Waals surface area contributed by atoms with Crippen LogP contribution in [0, 0.1) is 0 Å². The number of hydrogen-bond donors (Lipinski definition) is 5. The maximum atomic E-state index is 11.7. The summed E-state index contributed by atoms with van der Waals surface area (Å²) >= 11 is 21.6. The summed E-state index contributed by atoms with van der Waals surface area (Å²) in [4.78, 5) is 132. The topological polar surface area (TPSA) is 413 Å². The van der Waals surface area contributed by atoms with Crippen LogP contribution in [0.1, 0.15) is 117 Å². The molecule has 7 amide bonds. The number of halogens is 4. The van der Waals surface area contributed by atoms with Gasteiger partial charge in [-0.3, -0.25) is 47.9 Å². The van der Waals surface area contributed by atoms with Gasteiger partial charge in [0.2, 0.25) is 41.4 Å². The smallest absolute Gasteiger partial charge is 0.308 e. The fourth-order valence-electron chi connectivity index (χ4n) is 7.11. The van der Waals surface area contributed by atoms with Crippen molar-refractivity contribution in [2.24, 2.45) is 0 Å². The Morgan fingerprint density at radius 1 is 0.421 bits per heavy atom. The third kappa shape index (κ3) is 88.6. The van der Waals surface area contributed by atoms with Crippen molar-refractivity contribution in [2.75, 3.05) is 155 Å². The van der Waals surface area contributed by atoms with E-state index < -0.39 is 36.5 Å². The number of carbonyl (C=O) groups is 11. The van der Waals surface area contributed by atoms with Gasteiger partial charge in [-0.1, -0.05) is 35.7 Å². The second kappa shape index (κ2) is 88.2. The molecule has 1 heterocycles. The number of Topliss-reactive ketones (excluding diaryl/α,β-unsaturated/α-hetero) is 1. The molecule has 114 heavy (non-hydrogen) atoms. The van der Waals surface area contributed by atoms with E-state index in [1.807, 2.05) is 9.47 Å². The molecule has 0 aliphatic carbocycles. The molecular formula is C64H137Cl4N7O27P12. The Hall–Kier alpha value is 0.330. The van der Waals surface area contributed by atoms with Gasteiger partial charge in [-0.15, -0.1) is 46.4 Å². The van der Waals surface area contributed by atoms with Crippen molar-refractivity contribution in [3.05, 3.63) is 0 Å². The van der Waals surface area contributed by atoms with Gasteiger partial charge in [0.05, 0.1) is 125 Å². The van der Waals surface area contributed by atoms with Crippen LogP contribution in [0.5, 0.6) is 0 Å². The normalized spacial score (nSPS) is 14.5. The summed E-state index contributed by atoms with van der Waals surface area (Å²) in [6.07, 6.45) is 1.01. The van der Waals surface area contributed by atoms with Crippen molar-refractivity contribution >= 4 is 219 Å². The van der Waals surface area contributed by atoms with Gasteiger partial charge >= 0.3 is 11.9 Å². The molecule has 12 unspecified atom stereocenters. The third-order valence-corrected chi connectivity index (χ3v) is 20.3. The number of alkyl halides is 4. The molecule has 0 radical (unpaired) electrons. The van der Waals surface area contributed by atoms with Crippen molar-refractivity contribution in [3.63, 3.8) is 0 Å². The van der Waals surface area contributed by atoms with Gasteiger partial charge in [-0.2, -0.15) is 0 Å². The molecule has 0 saturated carbocycles. The number of esters is 2. The van der Waals surface area contributed by atoms with Crippen molar-refractivity contribution in [1.82, 2.24) is 34.3 Å². The fourth-order valence-corrected chi connectivity index (χ4v) is 12.3. The summed E-state index contributed by atoms with van der Waals surface area (Å²) in [6, 6.07) is 0. The number of aliphatic hydroxyl groups excluding tert-OH is 5. The SMILES string of the molecule is C1CCOC1.CC(=O)N(C)C.CC(=O)OC[C@H](C[C@H](CC(=O)N(C)C)OPP)OP.CCOC(=O)C[C@H](O)CCl.CN(C)C(=O)CC(=O)C[C@H](O)CCl.CN(C)C(=O)C[C@@H](C[C@@H](C=O)OP)OPP.CN(C)C(=O)C[C@@H](C[C@@H](CCl)OP)OPP.CN(C)C(=O)C[C@@H](C[C@@H](CO)OP)OPP.CN(C)C(=O)C[C@H](O)C[C@H](O)CCl. The predicted molar refractivity (Wildman–Crippen MR) is 485 cm³/mol. The summed E-state index contributed by atoms with van der Waals surface area (Å²) < 4.78 is 56.3. The lowest BCUT2D eigenvalue weighted by atomic mass is 10.1. The molecule has 0 aromatic carbocycles. The number of rotatable bonds is 47. The average Bonchev–Trinajstić information content (AvgIpc) is 0.955. The van der Waals surface area contributed by atoms with Crippen molar-refractivity contribution in [1.29, 1.82) is 0 Å². The molecular weight excluding hydrogens is 1810 g/mol. The molecule has 0 bridgehead atoms. The van der Waals surface area contributed by atoms with Crippen LogP contribution < -0.4 is 0 Å². The Labute approximate surface area is 723 Å². The Bertz CT molecular complexity index is 2400. The van der Waals surface area contributed by atoms with E-state index in [0.717, 1.165) is 13.2 Å². The Kier molecular flexibility index (Phi) is 100. The molecule has 1 aliphatic rings. The van der Waals surface area contributed by atoms with Crippen LogP contribution in [0.15, 0.2) is 0 Å². The Balaban J connectivity index is -0.000000188. The van der Waals surface area contributed by atoms with E-state index in [2.05, 4.69) is 68.9 Å². The zero-order chi connectivity index (χ0) is 90.0. The quantitative estimate of drug-likeness (QED) is 0.0143. The lowest BCUT2D eigenvalue weighted by Gasteiger charge is -2.23. The zero-order valence-corrected chi connectivity index (χ0v) is 85.2. The van der Waals surface area contributed by atoms with Crippen LogP contribution in [0.3, 0.4) is 0 Å². The van der Waals surface area contributed by atoms with E-state index in [9.17, 15) is 57.8 Å². The number of hydrogen-bond acceptors (Lipinski definition) is 27.